The molecule has 3 aliphatic rings. The summed E-state index contributed by atoms with van der Waals surface area (Å²) in [6, 6.07) is 6.89. The maximum atomic E-state index is 13.4. The SMILES string of the molecule is C#CCOC(=O)N[C@@H]1c2cc3c(cc2[C@@H](c2cc(OC)c(O[Si](C)(C)C(C)(C)C)c(OC)c2)[C@H]2C(=O)OC[C@@H]21)OCO3. The number of alkyl carbamates (subject to hydrolysis) is 1. The standard InChI is InChI=1S/C31H37NO9Si/c1-9-10-37-30(34)32-27-19-14-22-21(39-16-40-22)13-18(19)25(26-20(27)15-38-29(26)33)17-11-23(35-5)28(24(12-17)36-6)41-42(7,8)31(2,3)4/h1,11-14,20,25-27H,10,15-16H2,2-8H3,(H,32,34)/t20-,25+,26-,27+/m0/s1. The molecule has 2 aliphatic heterocycles. The number of benzene rings is 2. The number of fused-ring (bicyclic) bond motifs is 3. The van der Waals surface area contributed by atoms with E-state index in [1.54, 1.807) is 14.2 Å². The van der Waals surface area contributed by atoms with E-state index >= 15 is 0 Å². The predicted molar refractivity (Wildman–Crippen MR) is 156 cm³/mol. The second-order valence-electron chi connectivity index (χ2n) is 12.2. The first-order chi connectivity index (χ1) is 19.9. The van der Waals surface area contributed by atoms with E-state index in [0.29, 0.717) is 28.7 Å². The summed E-state index contributed by atoms with van der Waals surface area (Å²) in [5.74, 6) is 3.05. The van der Waals surface area contributed by atoms with Crippen LogP contribution in [0.4, 0.5) is 4.79 Å². The second-order valence-corrected chi connectivity index (χ2v) is 16.9. The number of terminal acetylenes is 1. The fraction of sp³-hybridized carbons (Fsp3) is 0.484. The zero-order valence-electron chi connectivity index (χ0n) is 25.0. The highest BCUT2D eigenvalue weighted by molar-refractivity contribution is 6.74. The summed E-state index contributed by atoms with van der Waals surface area (Å²) in [6.07, 6.45) is 4.58. The molecule has 42 heavy (non-hydrogen) atoms. The summed E-state index contributed by atoms with van der Waals surface area (Å²) >= 11 is 0. The van der Waals surface area contributed by atoms with Gasteiger partial charge in [0.15, 0.2) is 35.4 Å². The van der Waals surface area contributed by atoms with Crippen LogP contribution in [0.1, 0.15) is 49.4 Å². The van der Waals surface area contributed by atoms with Gasteiger partial charge in [-0.05, 0) is 59.1 Å². The molecule has 0 spiro atoms. The van der Waals surface area contributed by atoms with Crippen LogP contribution in [0.2, 0.25) is 18.1 Å². The Hall–Kier alpha value is -4.04. The number of carbonyl (C=O) groups excluding carboxylic acids is 2. The maximum Gasteiger partial charge on any atom is 0.408 e. The first kappa shape index (κ1) is 29.4. The van der Waals surface area contributed by atoms with E-state index in [-0.39, 0.29) is 31.0 Å². The number of cyclic esters (lactones) is 1. The number of rotatable bonds is 7. The van der Waals surface area contributed by atoms with Gasteiger partial charge < -0.3 is 38.2 Å². The zero-order valence-corrected chi connectivity index (χ0v) is 26.0. The van der Waals surface area contributed by atoms with Crippen molar-refractivity contribution in [2.45, 2.75) is 50.9 Å². The van der Waals surface area contributed by atoms with Crippen LogP contribution in [-0.2, 0) is 14.3 Å². The molecular weight excluding hydrogens is 558 g/mol. The highest BCUT2D eigenvalue weighted by Gasteiger charge is 2.53. The molecule has 224 valence electrons. The van der Waals surface area contributed by atoms with Gasteiger partial charge in [-0.1, -0.05) is 26.7 Å². The number of esters is 1. The number of hydrogen-bond acceptors (Lipinski definition) is 9. The minimum atomic E-state index is -2.26. The lowest BCUT2D eigenvalue weighted by Crippen LogP contribution is -2.44. The van der Waals surface area contributed by atoms with E-state index in [0.717, 1.165) is 16.7 Å². The van der Waals surface area contributed by atoms with Gasteiger partial charge in [0.05, 0.1) is 32.8 Å². The van der Waals surface area contributed by atoms with Crippen molar-refractivity contribution in [3.8, 4) is 41.1 Å². The second kappa shape index (κ2) is 11.0. The number of ether oxygens (including phenoxy) is 6. The largest absolute Gasteiger partial charge is 0.539 e. The number of hydrogen-bond donors (Lipinski definition) is 1. The topological polar surface area (TPSA) is 111 Å². The molecule has 10 nitrogen and oxygen atoms in total. The minimum Gasteiger partial charge on any atom is -0.539 e. The number of methoxy groups -OCH3 is 2. The van der Waals surface area contributed by atoms with Crippen molar-refractivity contribution in [1.82, 2.24) is 5.32 Å². The van der Waals surface area contributed by atoms with Crippen LogP contribution in [0.15, 0.2) is 24.3 Å². The molecule has 0 aromatic heterocycles. The van der Waals surface area contributed by atoms with Crippen molar-refractivity contribution in [2.75, 3.05) is 34.2 Å². The zero-order chi connectivity index (χ0) is 30.4. The average molecular weight is 596 g/mol. The third-order valence-corrected chi connectivity index (χ3v) is 13.1. The lowest BCUT2D eigenvalue weighted by atomic mass is 9.65. The van der Waals surface area contributed by atoms with Crippen LogP contribution < -0.4 is 28.7 Å². The summed E-state index contributed by atoms with van der Waals surface area (Å²) in [7, 11) is 0.900. The quantitative estimate of drug-likeness (QED) is 0.264. The average Bonchev–Trinajstić information content (AvgIpc) is 3.56. The highest BCUT2D eigenvalue weighted by atomic mass is 28.4. The Bertz CT molecular complexity index is 1420. The molecule has 1 N–H and O–H groups in total. The summed E-state index contributed by atoms with van der Waals surface area (Å²) in [6.45, 7) is 10.8. The Morgan fingerprint density at radius 1 is 1.05 bits per heavy atom. The molecule has 4 atom stereocenters. The van der Waals surface area contributed by atoms with Gasteiger partial charge in [-0.3, -0.25) is 4.79 Å². The molecule has 1 amide bonds. The first-order valence-electron chi connectivity index (χ1n) is 13.8. The van der Waals surface area contributed by atoms with Crippen molar-refractivity contribution in [1.29, 1.82) is 0 Å². The van der Waals surface area contributed by atoms with Crippen LogP contribution in [0.5, 0.6) is 28.7 Å². The van der Waals surface area contributed by atoms with Gasteiger partial charge in [0, 0.05) is 11.8 Å². The van der Waals surface area contributed by atoms with E-state index in [1.165, 1.54) is 0 Å². The van der Waals surface area contributed by atoms with E-state index in [4.69, 9.17) is 39.3 Å². The van der Waals surface area contributed by atoms with Gasteiger partial charge in [-0.25, -0.2) is 4.79 Å². The normalized spacial score (nSPS) is 22.3. The number of carbonyl (C=O) groups is 2. The summed E-state index contributed by atoms with van der Waals surface area (Å²) in [5, 5.41) is 2.85. The molecular formula is C31H37NO9Si. The Kier molecular flexibility index (Phi) is 7.70. The molecule has 0 saturated carbocycles. The van der Waals surface area contributed by atoms with Gasteiger partial charge in [0.1, 0.15) is 0 Å². The lowest BCUT2D eigenvalue weighted by molar-refractivity contribution is -0.141. The maximum absolute atomic E-state index is 13.4. The molecule has 0 bridgehead atoms. The van der Waals surface area contributed by atoms with Crippen LogP contribution >= 0.6 is 0 Å². The van der Waals surface area contributed by atoms with Crippen molar-refractivity contribution < 1.29 is 42.4 Å². The molecule has 0 unspecified atom stereocenters. The molecule has 2 heterocycles. The summed E-state index contributed by atoms with van der Waals surface area (Å²) < 4.78 is 40.5. The van der Waals surface area contributed by atoms with Gasteiger partial charge in [0.25, 0.3) is 8.32 Å². The van der Waals surface area contributed by atoms with Crippen molar-refractivity contribution in [3.63, 3.8) is 0 Å². The fourth-order valence-corrected chi connectivity index (χ4v) is 6.63. The predicted octanol–water partition coefficient (Wildman–Crippen LogP) is 5.15. The molecule has 1 aliphatic carbocycles. The number of nitrogens with one attached hydrogen (secondary N) is 1. The monoisotopic (exact) mass is 595 g/mol. The Labute approximate surface area is 247 Å². The van der Waals surface area contributed by atoms with Gasteiger partial charge in [0.2, 0.25) is 6.79 Å². The smallest absolute Gasteiger partial charge is 0.408 e. The van der Waals surface area contributed by atoms with Crippen LogP contribution in [-0.4, -0.2) is 54.6 Å². The molecule has 11 heteroatoms. The third-order valence-electron chi connectivity index (χ3n) is 8.75. The van der Waals surface area contributed by atoms with Gasteiger partial charge in [-0.15, -0.1) is 6.42 Å². The van der Waals surface area contributed by atoms with Crippen LogP contribution in [0.3, 0.4) is 0 Å². The van der Waals surface area contributed by atoms with Gasteiger partial charge in [-0.2, -0.15) is 0 Å². The molecule has 5 rings (SSSR count). The highest BCUT2D eigenvalue weighted by Crippen LogP contribution is 2.56. The van der Waals surface area contributed by atoms with E-state index in [9.17, 15) is 9.59 Å². The fourth-order valence-electron chi connectivity index (χ4n) is 5.61. The Morgan fingerprint density at radius 3 is 2.24 bits per heavy atom. The molecule has 1 fully saturated rings. The summed E-state index contributed by atoms with van der Waals surface area (Å²) in [5.41, 5.74) is 2.32. The first-order valence-corrected chi connectivity index (χ1v) is 16.7. The van der Waals surface area contributed by atoms with Crippen LogP contribution in [0.25, 0.3) is 0 Å². The Morgan fingerprint density at radius 2 is 1.67 bits per heavy atom. The molecule has 1 saturated heterocycles. The summed E-state index contributed by atoms with van der Waals surface area (Å²) in [4.78, 5) is 26.1. The van der Waals surface area contributed by atoms with E-state index < -0.39 is 38.2 Å². The number of amides is 1. The van der Waals surface area contributed by atoms with Crippen LogP contribution in [0, 0.1) is 24.2 Å². The van der Waals surface area contributed by atoms with E-state index in [2.05, 4.69) is 45.1 Å². The van der Waals surface area contributed by atoms with Crippen molar-refractivity contribution >= 4 is 20.4 Å². The molecule has 2 aromatic rings. The Balaban J connectivity index is 1.66. The third kappa shape index (κ3) is 5.08. The molecule has 0 radical (unpaired) electrons. The van der Waals surface area contributed by atoms with Gasteiger partial charge >= 0.3 is 12.1 Å². The van der Waals surface area contributed by atoms with Crippen molar-refractivity contribution in [2.24, 2.45) is 11.8 Å². The molecule has 2 aromatic carbocycles. The minimum absolute atomic E-state index is 0.0589. The van der Waals surface area contributed by atoms with E-state index in [1.807, 2.05) is 24.3 Å². The van der Waals surface area contributed by atoms with Crippen molar-refractivity contribution in [3.05, 3.63) is 41.0 Å². The lowest BCUT2D eigenvalue weighted by Gasteiger charge is -2.40.